The van der Waals surface area contributed by atoms with Gasteiger partial charge in [0.2, 0.25) is 10.0 Å². The van der Waals surface area contributed by atoms with E-state index in [4.69, 9.17) is 16.0 Å². The van der Waals surface area contributed by atoms with Crippen LogP contribution in [0.1, 0.15) is 6.42 Å². The van der Waals surface area contributed by atoms with Gasteiger partial charge in [0, 0.05) is 31.3 Å². The van der Waals surface area contributed by atoms with Gasteiger partial charge in [-0.2, -0.15) is 0 Å². The minimum absolute atomic E-state index is 0.0517. The lowest BCUT2D eigenvalue weighted by Gasteiger charge is -2.19. The van der Waals surface area contributed by atoms with Crippen molar-refractivity contribution in [3.63, 3.8) is 0 Å². The molecule has 2 rings (SSSR count). The zero-order valence-electron chi connectivity index (χ0n) is 9.91. The molecule has 100 valence electrons. The Hall–Kier alpha value is -1.31. The third-order valence-corrected chi connectivity index (χ3v) is 4.19. The van der Waals surface area contributed by atoms with Gasteiger partial charge in [-0.15, -0.1) is 0 Å². The molecular formula is C11H17N3O3S. The van der Waals surface area contributed by atoms with E-state index in [1.165, 1.54) is 6.07 Å². The van der Waals surface area contributed by atoms with Crippen LogP contribution in [-0.2, 0) is 10.0 Å². The van der Waals surface area contributed by atoms with E-state index in [0.717, 1.165) is 25.2 Å². The van der Waals surface area contributed by atoms with Gasteiger partial charge in [0.15, 0.2) is 0 Å². The van der Waals surface area contributed by atoms with Gasteiger partial charge in [-0.1, -0.05) is 0 Å². The second-order valence-corrected chi connectivity index (χ2v) is 6.08. The second kappa shape index (κ2) is 4.75. The smallest absolute Gasteiger partial charge is 0.240 e. The molecule has 1 aromatic carbocycles. The van der Waals surface area contributed by atoms with Crippen molar-refractivity contribution >= 4 is 21.4 Å². The molecule has 0 bridgehead atoms. The molecule has 0 spiro atoms. The van der Waals surface area contributed by atoms with Crippen LogP contribution in [-0.4, -0.2) is 33.2 Å². The summed E-state index contributed by atoms with van der Waals surface area (Å²) in [6.45, 7) is 1.76. The van der Waals surface area contributed by atoms with Crippen LogP contribution in [0.25, 0.3) is 0 Å². The summed E-state index contributed by atoms with van der Waals surface area (Å²) in [6, 6.07) is 4.72. The van der Waals surface area contributed by atoms with E-state index >= 15 is 0 Å². The van der Waals surface area contributed by atoms with Crippen molar-refractivity contribution in [2.45, 2.75) is 11.3 Å². The lowest BCUT2D eigenvalue weighted by atomic mass is 10.1. The molecule has 1 aliphatic rings. The summed E-state index contributed by atoms with van der Waals surface area (Å²) in [4.78, 5) is 2.02. The van der Waals surface area contributed by atoms with Crippen molar-refractivity contribution in [1.29, 1.82) is 0 Å². The maximum absolute atomic E-state index is 11.2. The number of hydrogen-bond acceptors (Lipinski definition) is 5. The highest BCUT2D eigenvalue weighted by Crippen LogP contribution is 2.28. The van der Waals surface area contributed by atoms with E-state index < -0.39 is 10.0 Å². The summed E-state index contributed by atoms with van der Waals surface area (Å²) in [5.74, 6) is 0.268. The fourth-order valence-electron chi connectivity index (χ4n) is 2.21. The van der Waals surface area contributed by atoms with Crippen LogP contribution in [0.5, 0.6) is 0 Å². The lowest BCUT2D eigenvalue weighted by Crippen LogP contribution is -2.21. The SMILES string of the molecule is Nc1cc(N2CCC(CO)C2)ccc1S(N)(=O)=O. The standard InChI is InChI=1S/C11H17N3O3S/c12-10-5-9(1-2-11(10)18(13,16)17)14-4-3-8(6-14)7-15/h1-2,5,8,15H,3-4,6-7,12H2,(H2,13,16,17). The average molecular weight is 271 g/mol. The first-order chi connectivity index (χ1) is 8.41. The summed E-state index contributed by atoms with van der Waals surface area (Å²) < 4.78 is 22.5. The van der Waals surface area contributed by atoms with Crippen molar-refractivity contribution in [3.8, 4) is 0 Å². The zero-order valence-corrected chi connectivity index (χ0v) is 10.7. The molecule has 6 nitrogen and oxygen atoms in total. The Morgan fingerprint density at radius 1 is 1.44 bits per heavy atom. The fraction of sp³-hybridized carbons (Fsp3) is 0.455. The first-order valence-corrected chi connectivity index (χ1v) is 7.24. The van der Waals surface area contributed by atoms with Crippen LogP contribution in [0.2, 0.25) is 0 Å². The number of hydrogen-bond donors (Lipinski definition) is 3. The molecule has 7 heteroatoms. The van der Waals surface area contributed by atoms with E-state index in [1.54, 1.807) is 12.1 Å². The van der Waals surface area contributed by atoms with Crippen LogP contribution in [0.15, 0.2) is 23.1 Å². The van der Waals surface area contributed by atoms with Crippen molar-refractivity contribution in [2.75, 3.05) is 30.3 Å². The first kappa shape index (κ1) is 13.1. The first-order valence-electron chi connectivity index (χ1n) is 5.70. The molecule has 0 amide bonds. The number of benzene rings is 1. The maximum Gasteiger partial charge on any atom is 0.240 e. The predicted octanol–water partition coefficient (Wildman–Crippen LogP) is -0.265. The Morgan fingerprint density at radius 2 is 2.17 bits per heavy atom. The summed E-state index contributed by atoms with van der Waals surface area (Å²) in [7, 11) is -3.77. The van der Waals surface area contributed by atoms with Crippen molar-refractivity contribution < 1.29 is 13.5 Å². The van der Waals surface area contributed by atoms with Crippen LogP contribution in [0.4, 0.5) is 11.4 Å². The van der Waals surface area contributed by atoms with Gasteiger partial charge >= 0.3 is 0 Å². The van der Waals surface area contributed by atoms with E-state index in [-0.39, 0.29) is 23.1 Å². The monoisotopic (exact) mass is 271 g/mol. The highest BCUT2D eigenvalue weighted by atomic mass is 32.2. The number of anilines is 2. The van der Waals surface area contributed by atoms with E-state index in [2.05, 4.69) is 4.90 Å². The number of aliphatic hydroxyl groups excluding tert-OH is 1. The molecule has 0 radical (unpaired) electrons. The number of nitrogens with zero attached hydrogens (tertiary/aromatic N) is 1. The predicted molar refractivity (Wildman–Crippen MR) is 69.6 cm³/mol. The summed E-state index contributed by atoms with van der Waals surface area (Å²) in [5.41, 5.74) is 6.72. The van der Waals surface area contributed by atoms with Crippen LogP contribution in [0.3, 0.4) is 0 Å². The summed E-state index contributed by atoms with van der Waals surface area (Å²) in [6.07, 6.45) is 0.924. The Bertz CT molecular complexity index is 544. The highest BCUT2D eigenvalue weighted by molar-refractivity contribution is 7.89. The van der Waals surface area contributed by atoms with Crippen LogP contribution >= 0.6 is 0 Å². The molecule has 1 aliphatic heterocycles. The molecule has 1 saturated heterocycles. The molecule has 1 atom stereocenters. The topological polar surface area (TPSA) is 110 Å². The number of nitrogen functional groups attached to an aromatic ring is 1. The molecular weight excluding hydrogens is 254 g/mol. The van der Waals surface area contributed by atoms with Gasteiger partial charge in [0.1, 0.15) is 4.90 Å². The molecule has 1 unspecified atom stereocenters. The number of nitrogens with two attached hydrogens (primary N) is 2. The van der Waals surface area contributed by atoms with E-state index in [1.807, 2.05) is 0 Å². The van der Waals surface area contributed by atoms with Gasteiger partial charge in [-0.3, -0.25) is 0 Å². The number of aliphatic hydroxyl groups is 1. The molecule has 0 aromatic heterocycles. The molecule has 1 heterocycles. The molecule has 0 aliphatic carbocycles. The van der Waals surface area contributed by atoms with Gasteiger partial charge in [0.25, 0.3) is 0 Å². The number of primary sulfonamides is 1. The Morgan fingerprint density at radius 3 is 2.67 bits per heavy atom. The normalized spacial score (nSPS) is 20.3. The van der Waals surface area contributed by atoms with E-state index in [9.17, 15) is 8.42 Å². The largest absolute Gasteiger partial charge is 0.398 e. The van der Waals surface area contributed by atoms with Crippen molar-refractivity contribution in [3.05, 3.63) is 18.2 Å². The van der Waals surface area contributed by atoms with Gasteiger partial charge in [-0.05, 0) is 24.6 Å². The number of rotatable bonds is 3. The quantitative estimate of drug-likeness (QED) is 0.656. The number of sulfonamides is 1. The van der Waals surface area contributed by atoms with Crippen molar-refractivity contribution in [2.24, 2.45) is 11.1 Å². The summed E-state index contributed by atoms with van der Waals surface area (Å²) in [5, 5.41) is 14.1. The average Bonchev–Trinajstić information content (AvgIpc) is 2.75. The molecule has 1 aromatic rings. The highest BCUT2D eigenvalue weighted by Gasteiger charge is 2.23. The minimum atomic E-state index is -3.77. The molecule has 18 heavy (non-hydrogen) atoms. The third kappa shape index (κ3) is 2.58. The van der Waals surface area contributed by atoms with E-state index in [0.29, 0.717) is 0 Å². The minimum Gasteiger partial charge on any atom is -0.398 e. The van der Waals surface area contributed by atoms with Gasteiger partial charge < -0.3 is 15.7 Å². The Balaban J connectivity index is 2.25. The van der Waals surface area contributed by atoms with Crippen LogP contribution < -0.4 is 15.8 Å². The Kier molecular flexibility index (Phi) is 3.47. The second-order valence-electron chi connectivity index (χ2n) is 4.55. The zero-order chi connectivity index (χ0) is 13.3. The van der Waals surface area contributed by atoms with Gasteiger partial charge in [-0.25, -0.2) is 13.6 Å². The fourth-order valence-corrected chi connectivity index (χ4v) is 2.85. The molecule has 5 N–H and O–H groups in total. The summed E-state index contributed by atoms with van der Waals surface area (Å²) >= 11 is 0. The Labute approximate surface area is 106 Å². The third-order valence-electron chi connectivity index (χ3n) is 3.21. The van der Waals surface area contributed by atoms with Crippen LogP contribution in [0, 0.1) is 5.92 Å². The lowest BCUT2D eigenvalue weighted by molar-refractivity contribution is 0.238. The maximum atomic E-state index is 11.2. The molecule has 0 saturated carbocycles. The molecule has 1 fully saturated rings. The van der Waals surface area contributed by atoms with Gasteiger partial charge in [0.05, 0.1) is 5.69 Å². The van der Waals surface area contributed by atoms with Crippen molar-refractivity contribution in [1.82, 2.24) is 0 Å².